The normalized spacial score (nSPS) is 32.0. The number of benzene rings is 2. The van der Waals surface area contributed by atoms with Gasteiger partial charge in [0.1, 0.15) is 5.75 Å². The minimum absolute atomic E-state index is 0.0225. The Kier molecular flexibility index (Phi) is 7.85. The number of nitrogens with zero attached hydrogens (tertiary/aromatic N) is 1. The van der Waals surface area contributed by atoms with Crippen LogP contribution in [-0.2, 0) is 26.6 Å². The number of halogens is 1. The summed E-state index contributed by atoms with van der Waals surface area (Å²) >= 11 is 6.39. The molecule has 0 radical (unpaired) electrons. The van der Waals surface area contributed by atoms with Crippen LogP contribution in [-0.4, -0.2) is 53.0 Å². The van der Waals surface area contributed by atoms with E-state index in [-0.39, 0.29) is 23.2 Å². The number of hydrogen-bond donors (Lipinski definition) is 1. The molecule has 1 N–H and O–H groups in total. The van der Waals surface area contributed by atoms with Crippen molar-refractivity contribution in [1.29, 1.82) is 0 Å². The third-order valence-electron chi connectivity index (χ3n) is 9.54. The number of ether oxygens (including phenoxy) is 2. The molecular weight excluding hydrogens is 560 g/mol. The van der Waals surface area contributed by atoms with E-state index < -0.39 is 15.9 Å². The number of sulfonamides is 1. The molecule has 5 atom stereocenters. The van der Waals surface area contributed by atoms with E-state index in [0.29, 0.717) is 30.4 Å². The summed E-state index contributed by atoms with van der Waals surface area (Å²) in [6.45, 7) is 3.96. The number of anilines is 1. The fourth-order valence-electron chi connectivity index (χ4n) is 7.32. The third kappa shape index (κ3) is 5.75. The van der Waals surface area contributed by atoms with Gasteiger partial charge < -0.3 is 14.4 Å². The highest BCUT2D eigenvalue weighted by atomic mass is 35.5. The predicted octanol–water partition coefficient (Wildman–Crippen LogP) is 5.51. The molecule has 2 aromatic rings. The first kappa shape index (κ1) is 28.6. The lowest BCUT2D eigenvalue weighted by Crippen LogP contribution is -2.49. The molecule has 41 heavy (non-hydrogen) atoms. The van der Waals surface area contributed by atoms with Crippen molar-refractivity contribution >= 4 is 33.2 Å². The minimum atomic E-state index is -3.81. The molecule has 7 nitrogen and oxygen atoms in total. The Balaban J connectivity index is 1.42. The highest BCUT2D eigenvalue weighted by Gasteiger charge is 2.44. The molecule has 6 rings (SSSR count). The summed E-state index contributed by atoms with van der Waals surface area (Å²) in [5.41, 5.74) is 3.49. The maximum atomic E-state index is 13.2. The molecule has 1 fully saturated rings. The molecule has 1 spiro atoms. The Hall–Kier alpha value is -2.55. The summed E-state index contributed by atoms with van der Waals surface area (Å²) < 4.78 is 40.5. The Bertz CT molecular complexity index is 1460. The zero-order valence-corrected chi connectivity index (χ0v) is 25.3. The smallest absolute Gasteiger partial charge is 0.264 e. The molecule has 2 aliphatic carbocycles. The third-order valence-corrected chi connectivity index (χ3v) is 11.3. The van der Waals surface area contributed by atoms with Crippen LogP contribution in [0, 0.1) is 17.8 Å². The van der Waals surface area contributed by atoms with E-state index in [1.54, 1.807) is 13.2 Å². The zero-order valence-electron chi connectivity index (χ0n) is 23.8. The van der Waals surface area contributed by atoms with E-state index in [2.05, 4.69) is 27.8 Å². The van der Waals surface area contributed by atoms with Gasteiger partial charge in [-0.05, 0) is 97.7 Å². The van der Waals surface area contributed by atoms with Gasteiger partial charge in [-0.15, -0.1) is 0 Å². The van der Waals surface area contributed by atoms with Crippen LogP contribution in [0.25, 0.3) is 0 Å². The largest absolute Gasteiger partial charge is 0.490 e. The predicted molar refractivity (Wildman–Crippen MR) is 161 cm³/mol. The molecule has 2 aromatic carbocycles. The van der Waals surface area contributed by atoms with Crippen LogP contribution in [0.2, 0.25) is 5.02 Å². The fraction of sp³-hybridized carbons (Fsp3) is 0.531. The van der Waals surface area contributed by atoms with Crippen molar-refractivity contribution in [1.82, 2.24) is 4.72 Å². The molecule has 1 amide bonds. The van der Waals surface area contributed by atoms with Crippen molar-refractivity contribution in [2.24, 2.45) is 17.8 Å². The molecule has 1 saturated carbocycles. The van der Waals surface area contributed by atoms with E-state index >= 15 is 0 Å². The van der Waals surface area contributed by atoms with Crippen LogP contribution in [0.3, 0.4) is 0 Å². The zero-order chi connectivity index (χ0) is 28.8. The Morgan fingerprint density at radius 3 is 2.80 bits per heavy atom. The van der Waals surface area contributed by atoms with Crippen molar-refractivity contribution in [3.8, 4) is 5.75 Å². The van der Waals surface area contributed by atoms with Crippen molar-refractivity contribution in [3.05, 3.63) is 70.3 Å². The van der Waals surface area contributed by atoms with Gasteiger partial charge in [0.15, 0.2) is 0 Å². The average molecular weight is 599 g/mol. The molecular formula is C32H39ClN2O5S. The van der Waals surface area contributed by atoms with Gasteiger partial charge in [0.05, 0.1) is 24.2 Å². The maximum Gasteiger partial charge on any atom is 0.264 e. The Morgan fingerprint density at radius 2 is 2.02 bits per heavy atom. The van der Waals surface area contributed by atoms with Gasteiger partial charge in [-0.1, -0.05) is 36.7 Å². The molecule has 2 bridgehead atoms. The SMILES string of the molecule is CO[C@H]1/C=C\C[C@H](C)CS(=O)(=O)NC(=O)c2ccc3c(c2)N(C[C@@H]2CC[C@H]21)C[C@@]1(CCCc2cc(Cl)ccc21)CO3. The molecule has 0 saturated heterocycles. The average Bonchev–Trinajstić information content (AvgIpc) is 3.06. The van der Waals surface area contributed by atoms with Crippen LogP contribution in [0.4, 0.5) is 5.69 Å². The summed E-state index contributed by atoms with van der Waals surface area (Å²) in [7, 11) is -2.05. The first-order valence-corrected chi connectivity index (χ1v) is 16.7. The molecule has 220 valence electrons. The fourth-order valence-corrected chi connectivity index (χ4v) is 8.88. The second-order valence-electron chi connectivity index (χ2n) is 12.5. The number of carbonyl (C=O) groups is 1. The summed E-state index contributed by atoms with van der Waals surface area (Å²) in [6, 6.07) is 11.5. The van der Waals surface area contributed by atoms with Gasteiger partial charge >= 0.3 is 0 Å². The first-order valence-electron chi connectivity index (χ1n) is 14.7. The van der Waals surface area contributed by atoms with Crippen LogP contribution < -0.4 is 14.4 Å². The summed E-state index contributed by atoms with van der Waals surface area (Å²) in [5.74, 6) is 0.634. The van der Waals surface area contributed by atoms with Crippen LogP contribution in [0.1, 0.15) is 60.5 Å². The van der Waals surface area contributed by atoms with Crippen molar-refractivity contribution in [3.63, 3.8) is 0 Å². The lowest BCUT2D eigenvalue weighted by atomic mass is 9.68. The summed E-state index contributed by atoms with van der Waals surface area (Å²) in [6.07, 6.45) is 9.95. The maximum absolute atomic E-state index is 13.2. The van der Waals surface area contributed by atoms with Gasteiger partial charge in [-0.3, -0.25) is 4.79 Å². The van der Waals surface area contributed by atoms with E-state index in [4.69, 9.17) is 21.1 Å². The molecule has 2 heterocycles. The minimum Gasteiger partial charge on any atom is -0.490 e. The van der Waals surface area contributed by atoms with E-state index in [1.165, 1.54) is 11.1 Å². The lowest BCUT2D eigenvalue weighted by molar-refractivity contribution is 0.0131. The van der Waals surface area contributed by atoms with Crippen LogP contribution in [0.15, 0.2) is 48.6 Å². The molecule has 4 aliphatic rings. The number of carbonyl (C=O) groups excluding carboxylic acids is 1. The van der Waals surface area contributed by atoms with Gasteiger partial charge in [0, 0.05) is 36.2 Å². The van der Waals surface area contributed by atoms with E-state index in [0.717, 1.165) is 61.7 Å². The number of amides is 1. The lowest BCUT2D eigenvalue weighted by Gasteiger charge is -2.46. The van der Waals surface area contributed by atoms with Crippen molar-refractivity contribution in [2.75, 3.05) is 37.5 Å². The Morgan fingerprint density at radius 1 is 1.17 bits per heavy atom. The standard InChI is InChI=1S/C32H39ClN2O5S/c1-21-5-3-7-29(39-2)26-11-8-24(26)17-35-19-32(14-4-6-22-15-25(33)10-12-27(22)32)20-40-30-13-9-23(16-28(30)35)31(36)34-41(37,38)18-21/h3,7,9-10,12-13,15-16,21,24,26,29H,4-6,8,11,14,17-20H2,1-2H3,(H,34,36)/b7-3-/t21-,24-,26+,29-,32-/m0/s1. The van der Waals surface area contributed by atoms with Crippen LogP contribution in [0.5, 0.6) is 5.75 Å². The summed E-state index contributed by atoms with van der Waals surface area (Å²) in [4.78, 5) is 15.6. The number of rotatable bonds is 1. The second kappa shape index (κ2) is 11.3. The molecule has 0 aromatic heterocycles. The molecule has 9 heteroatoms. The van der Waals surface area contributed by atoms with E-state index in [1.807, 2.05) is 31.2 Å². The van der Waals surface area contributed by atoms with Crippen LogP contribution >= 0.6 is 11.6 Å². The number of allylic oxidation sites excluding steroid dienone is 1. The first-order chi connectivity index (χ1) is 19.7. The number of nitrogens with one attached hydrogen (secondary N) is 1. The highest BCUT2D eigenvalue weighted by Crippen LogP contribution is 2.47. The van der Waals surface area contributed by atoms with Crippen molar-refractivity contribution < 1.29 is 22.7 Å². The number of hydrogen-bond acceptors (Lipinski definition) is 6. The Labute approximate surface area is 248 Å². The second-order valence-corrected chi connectivity index (χ2v) is 14.7. The summed E-state index contributed by atoms with van der Waals surface area (Å²) in [5, 5.41) is 0.750. The van der Waals surface area contributed by atoms with Crippen molar-refractivity contribution in [2.45, 2.75) is 57.0 Å². The topological polar surface area (TPSA) is 84.9 Å². The highest BCUT2D eigenvalue weighted by molar-refractivity contribution is 7.90. The number of aryl methyl sites for hydroxylation is 1. The van der Waals surface area contributed by atoms with Gasteiger partial charge in [-0.2, -0.15) is 0 Å². The van der Waals surface area contributed by atoms with Gasteiger partial charge in [0.25, 0.3) is 5.91 Å². The number of fused-ring (bicyclic) bond motifs is 4. The monoisotopic (exact) mass is 598 g/mol. The molecule has 0 unspecified atom stereocenters. The number of methoxy groups -OCH3 is 1. The van der Waals surface area contributed by atoms with E-state index in [9.17, 15) is 13.2 Å². The van der Waals surface area contributed by atoms with Gasteiger partial charge in [0.2, 0.25) is 10.0 Å². The van der Waals surface area contributed by atoms with Gasteiger partial charge in [-0.25, -0.2) is 13.1 Å². The molecule has 2 aliphatic heterocycles. The quantitative estimate of drug-likeness (QED) is 0.436.